The van der Waals surface area contributed by atoms with Gasteiger partial charge in [0, 0.05) is 13.1 Å². The lowest BCUT2D eigenvalue weighted by Gasteiger charge is -2.30. The van der Waals surface area contributed by atoms with Gasteiger partial charge >= 0.3 is 5.97 Å². The highest BCUT2D eigenvalue weighted by atomic mass is 16.5. The molecule has 2 aliphatic heterocycles. The van der Waals surface area contributed by atoms with Crippen molar-refractivity contribution in [3.63, 3.8) is 0 Å². The van der Waals surface area contributed by atoms with Crippen LogP contribution >= 0.6 is 0 Å². The molecule has 0 aliphatic carbocycles. The van der Waals surface area contributed by atoms with Crippen LogP contribution in [0.2, 0.25) is 0 Å². The molecule has 164 valence electrons. The molecule has 0 spiro atoms. The van der Waals surface area contributed by atoms with E-state index < -0.39 is 0 Å². The summed E-state index contributed by atoms with van der Waals surface area (Å²) in [4.78, 5) is 44.6. The summed E-state index contributed by atoms with van der Waals surface area (Å²) in [6.45, 7) is 5.04. The van der Waals surface area contributed by atoms with E-state index in [0.29, 0.717) is 44.0 Å². The third-order valence-corrected chi connectivity index (χ3v) is 5.52. The van der Waals surface area contributed by atoms with Gasteiger partial charge in [-0.05, 0) is 44.4 Å². The molecule has 2 aromatic rings. The maximum absolute atomic E-state index is 12.8. The standard InChI is InChI=1S/C22H25N3O6/c1-3-29-22(28)15-6-8-24(9-7-15)21(27)16-12-31-19(23-16)11-25-17-10-14(2)4-5-18(17)30-13-20(25)26/h4-5,10,12,15H,3,6-9,11,13H2,1-2H3. The summed E-state index contributed by atoms with van der Waals surface area (Å²) in [5.41, 5.74) is 1.84. The molecule has 1 saturated heterocycles. The van der Waals surface area contributed by atoms with E-state index in [0.717, 1.165) is 5.56 Å². The van der Waals surface area contributed by atoms with Gasteiger partial charge in [-0.3, -0.25) is 19.3 Å². The van der Waals surface area contributed by atoms with Crippen molar-refractivity contribution in [1.29, 1.82) is 0 Å². The lowest BCUT2D eigenvalue weighted by Crippen LogP contribution is -2.41. The first-order chi connectivity index (χ1) is 15.0. The molecule has 0 atom stereocenters. The van der Waals surface area contributed by atoms with E-state index in [9.17, 15) is 14.4 Å². The second-order valence-electron chi connectivity index (χ2n) is 7.68. The highest BCUT2D eigenvalue weighted by Crippen LogP contribution is 2.33. The number of likely N-dealkylation sites (tertiary alicyclic amines) is 1. The van der Waals surface area contributed by atoms with E-state index in [1.807, 2.05) is 25.1 Å². The Labute approximate surface area is 179 Å². The summed E-state index contributed by atoms with van der Waals surface area (Å²) in [6, 6.07) is 5.61. The van der Waals surface area contributed by atoms with Crippen LogP contribution in [0.4, 0.5) is 5.69 Å². The number of aromatic nitrogens is 1. The number of benzene rings is 1. The molecule has 0 radical (unpaired) electrons. The monoisotopic (exact) mass is 427 g/mol. The van der Waals surface area contributed by atoms with Crippen LogP contribution in [-0.2, 0) is 20.9 Å². The number of carbonyl (C=O) groups is 3. The first-order valence-electron chi connectivity index (χ1n) is 10.4. The Kier molecular flexibility index (Phi) is 5.92. The van der Waals surface area contributed by atoms with E-state index >= 15 is 0 Å². The zero-order valence-corrected chi connectivity index (χ0v) is 17.6. The van der Waals surface area contributed by atoms with Gasteiger partial charge in [-0.25, -0.2) is 4.98 Å². The summed E-state index contributed by atoms with van der Waals surface area (Å²) in [7, 11) is 0. The maximum atomic E-state index is 12.8. The SMILES string of the molecule is CCOC(=O)C1CCN(C(=O)c2coc(CN3C(=O)COc4ccc(C)cc43)n2)CC1. The third-order valence-electron chi connectivity index (χ3n) is 5.52. The van der Waals surface area contributed by atoms with Gasteiger partial charge in [0.25, 0.3) is 11.8 Å². The van der Waals surface area contributed by atoms with Crippen LogP contribution in [-0.4, -0.2) is 54.0 Å². The van der Waals surface area contributed by atoms with Crippen molar-refractivity contribution in [2.45, 2.75) is 33.2 Å². The first-order valence-corrected chi connectivity index (χ1v) is 10.4. The molecule has 0 unspecified atom stereocenters. The number of nitrogens with zero attached hydrogens (tertiary/aromatic N) is 3. The fourth-order valence-electron chi connectivity index (χ4n) is 3.84. The molecule has 0 N–H and O–H groups in total. The number of esters is 1. The van der Waals surface area contributed by atoms with Gasteiger partial charge in [0.15, 0.2) is 12.3 Å². The number of hydrogen-bond acceptors (Lipinski definition) is 7. The number of aryl methyl sites for hydroxylation is 1. The molecule has 9 heteroatoms. The number of fused-ring (bicyclic) bond motifs is 1. The molecule has 0 saturated carbocycles. The van der Waals surface area contributed by atoms with Gasteiger partial charge in [-0.1, -0.05) is 6.07 Å². The normalized spacial score (nSPS) is 16.6. The number of piperidine rings is 1. The van der Waals surface area contributed by atoms with E-state index in [4.69, 9.17) is 13.9 Å². The van der Waals surface area contributed by atoms with Crippen LogP contribution < -0.4 is 9.64 Å². The zero-order chi connectivity index (χ0) is 22.0. The van der Waals surface area contributed by atoms with Crippen LogP contribution in [0.25, 0.3) is 0 Å². The fraction of sp³-hybridized carbons (Fsp3) is 0.455. The Morgan fingerprint density at radius 3 is 2.77 bits per heavy atom. The van der Waals surface area contributed by atoms with Gasteiger partial charge in [0.2, 0.25) is 5.89 Å². The molecule has 31 heavy (non-hydrogen) atoms. The Balaban J connectivity index is 1.41. The second-order valence-corrected chi connectivity index (χ2v) is 7.68. The summed E-state index contributed by atoms with van der Waals surface area (Å²) in [5.74, 6) is 0.0637. The van der Waals surface area contributed by atoms with Crippen LogP contribution in [0.15, 0.2) is 28.9 Å². The van der Waals surface area contributed by atoms with Gasteiger partial charge in [0.05, 0.1) is 18.2 Å². The minimum atomic E-state index is -0.248. The number of rotatable bonds is 5. The molecule has 2 amide bonds. The fourth-order valence-corrected chi connectivity index (χ4v) is 3.84. The van der Waals surface area contributed by atoms with E-state index in [-0.39, 0.29) is 48.4 Å². The summed E-state index contributed by atoms with van der Waals surface area (Å²) in [5, 5.41) is 0. The third kappa shape index (κ3) is 4.40. The molecule has 1 aromatic heterocycles. The topological polar surface area (TPSA) is 102 Å². The number of oxazole rings is 1. The van der Waals surface area contributed by atoms with E-state index in [2.05, 4.69) is 4.98 Å². The molecule has 1 aromatic carbocycles. The number of hydrogen-bond donors (Lipinski definition) is 0. The van der Waals surface area contributed by atoms with Crippen molar-refractivity contribution in [2.24, 2.45) is 5.92 Å². The van der Waals surface area contributed by atoms with Gasteiger partial charge in [-0.15, -0.1) is 0 Å². The Morgan fingerprint density at radius 2 is 2.03 bits per heavy atom. The van der Waals surface area contributed by atoms with Crippen LogP contribution in [0.5, 0.6) is 5.75 Å². The molecule has 3 heterocycles. The van der Waals surface area contributed by atoms with Crippen molar-refractivity contribution in [3.8, 4) is 5.75 Å². The summed E-state index contributed by atoms with van der Waals surface area (Å²) >= 11 is 0. The average molecular weight is 427 g/mol. The van der Waals surface area contributed by atoms with E-state index in [1.54, 1.807) is 16.7 Å². The van der Waals surface area contributed by atoms with Gasteiger partial charge < -0.3 is 18.8 Å². The lowest BCUT2D eigenvalue weighted by molar-refractivity contribution is -0.149. The Bertz CT molecular complexity index is 993. The molecular weight excluding hydrogens is 402 g/mol. The van der Waals surface area contributed by atoms with Crippen molar-refractivity contribution >= 4 is 23.5 Å². The first kappa shape index (κ1) is 20.9. The summed E-state index contributed by atoms with van der Waals surface area (Å²) in [6.07, 6.45) is 2.44. The van der Waals surface area contributed by atoms with Crippen molar-refractivity contribution < 1.29 is 28.3 Å². The van der Waals surface area contributed by atoms with Crippen LogP contribution in [0.3, 0.4) is 0 Å². The van der Waals surface area contributed by atoms with Crippen molar-refractivity contribution in [1.82, 2.24) is 9.88 Å². The lowest BCUT2D eigenvalue weighted by atomic mass is 9.97. The minimum absolute atomic E-state index is 0.0576. The van der Waals surface area contributed by atoms with Crippen molar-refractivity contribution in [3.05, 3.63) is 41.6 Å². The Hall–Kier alpha value is -3.36. The predicted octanol–water partition coefficient (Wildman–Crippen LogP) is 2.32. The quantitative estimate of drug-likeness (QED) is 0.675. The van der Waals surface area contributed by atoms with Crippen LogP contribution in [0.1, 0.15) is 41.7 Å². The maximum Gasteiger partial charge on any atom is 0.309 e. The number of ether oxygens (including phenoxy) is 2. The highest BCUT2D eigenvalue weighted by molar-refractivity contribution is 5.97. The number of anilines is 1. The van der Waals surface area contributed by atoms with Gasteiger partial charge in [0.1, 0.15) is 18.6 Å². The number of amides is 2. The van der Waals surface area contributed by atoms with Gasteiger partial charge in [-0.2, -0.15) is 0 Å². The second kappa shape index (κ2) is 8.79. The predicted molar refractivity (Wildman–Crippen MR) is 110 cm³/mol. The molecule has 2 aliphatic rings. The smallest absolute Gasteiger partial charge is 0.309 e. The largest absolute Gasteiger partial charge is 0.482 e. The number of carbonyl (C=O) groups excluding carboxylic acids is 3. The average Bonchev–Trinajstić information content (AvgIpc) is 3.24. The molecule has 9 nitrogen and oxygen atoms in total. The summed E-state index contributed by atoms with van der Waals surface area (Å²) < 4.78 is 16.1. The molecule has 4 rings (SSSR count). The molecule has 1 fully saturated rings. The minimum Gasteiger partial charge on any atom is -0.482 e. The molecular formula is C22H25N3O6. The van der Waals surface area contributed by atoms with Crippen LogP contribution in [0, 0.1) is 12.8 Å². The highest BCUT2D eigenvalue weighted by Gasteiger charge is 2.31. The zero-order valence-electron chi connectivity index (χ0n) is 17.6. The van der Waals surface area contributed by atoms with E-state index in [1.165, 1.54) is 6.26 Å². The molecule has 0 bridgehead atoms. The Morgan fingerprint density at radius 1 is 1.26 bits per heavy atom. The van der Waals surface area contributed by atoms with Crippen molar-refractivity contribution in [2.75, 3.05) is 31.2 Å².